The third kappa shape index (κ3) is 8.46. The molecule has 0 atom stereocenters. The van der Waals surface area contributed by atoms with E-state index in [1.807, 2.05) is 13.8 Å². The van der Waals surface area contributed by atoms with E-state index in [9.17, 15) is 14.7 Å². The van der Waals surface area contributed by atoms with Crippen LogP contribution in [0.1, 0.15) is 119 Å². The molecule has 0 spiro atoms. The molecule has 4 nitrogen and oxygen atoms in total. The van der Waals surface area contributed by atoms with Crippen molar-refractivity contribution in [3.8, 4) is 0 Å². The zero-order chi connectivity index (χ0) is 24.5. The summed E-state index contributed by atoms with van der Waals surface area (Å²) < 4.78 is 5.25. The molecule has 0 aliphatic heterocycles. The predicted octanol–water partition coefficient (Wildman–Crippen LogP) is 7.41. The van der Waals surface area contributed by atoms with Crippen LogP contribution in [-0.4, -0.2) is 23.1 Å². The van der Waals surface area contributed by atoms with E-state index in [0.29, 0.717) is 6.47 Å². The van der Waals surface area contributed by atoms with Gasteiger partial charge >= 0.3 is 5.97 Å². The van der Waals surface area contributed by atoms with Crippen molar-refractivity contribution >= 4 is 12.4 Å². The van der Waals surface area contributed by atoms with Gasteiger partial charge in [-0.25, -0.2) is 0 Å². The molecule has 0 aromatic heterocycles. The molecule has 33 heavy (non-hydrogen) atoms. The summed E-state index contributed by atoms with van der Waals surface area (Å²) in [7, 11) is 0. The molecule has 1 aromatic carbocycles. The van der Waals surface area contributed by atoms with Crippen LogP contribution in [0.15, 0.2) is 6.07 Å². The third-order valence-electron chi connectivity index (χ3n) is 7.86. The Morgan fingerprint density at radius 2 is 1.58 bits per heavy atom. The monoisotopic (exact) mass is 458 g/mol. The van der Waals surface area contributed by atoms with Gasteiger partial charge in [0.15, 0.2) is 0 Å². The van der Waals surface area contributed by atoms with Gasteiger partial charge in [-0.15, -0.1) is 0 Å². The molecule has 0 amide bonds. The van der Waals surface area contributed by atoms with Crippen molar-refractivity contribution in [2.45, 2.75) is 130 Å². The summed E-state index contributed by atoms with van der Waals surface area (Å²) in [4.78, 5) is 21.8. The van der Waals surface area contributed by atoms with Gasteiger partial charge in [-0.2, -0.15) is 0 Å². The van der Waals surface area contributed by atoms with E-state index in [-0.39, 0.29) is 5.60 Å². The number of carboxylic acids is 1. The van der Waals surface area contributed by atoms with Crippen molar-refractivity contribution in [1.29, 1.82) is 0 Å². The van der Waals surface area contributed by atoms with Crippen molar-refractivity contribution < 1.29 is 19.4 Å². The fourth-order valence-electron chi connectivity index (χ4n) is 4.94. The average Bonchev–Trinajstić information content (AvgIpc) is 3.52. The number of hydrogen-bond acceptors (Lipinski definition) is 3. The van der Waals surface area contributed by atoms with Crippen molar-refractivity contribution in [1.82, 2.24) is 0 Å². The van der Waals surface area contributed by atoms with Gasteiger partial charge in [-0.05, 0) is 120 Å². The second kappa shape index (κ2) is 12.6. The van der Waals surface area contributed by atoms with Gasteiger partial charge in [0.2, 0.25) is 0 Å². The number of aliphatic carboxylic acids is 1. The van der Waals surface area contributed by atoms with Gasteiger partial charge < -0.3 is 9.84 Å². The molecule has 0 bridgehead atoms. The van der Waals surface area contributed by atoms with Gasteiger partial charge in [0.05, 0.1) is 5.41 Å². The molecule has 0 radical (unpaired) electrons. The van der Waals surface area contributed by atoms with Crippen LogP contribution in [0.2, 0.25) is 0 Å². The summed E-state index contributed by atoms with van der Waals surface area (Å²) in [6.07, 6.45) is 15.3. The molecule has 0 saturated heterocycles. The maximum atomic E-state index is 11.2. The van der Waals surface area contributed by atoms with Crippen LogP contribution < -0.4 is 0 Å². The highest BCUT2D eigenvalue weighted by molar-refractivity contribution is 5.73. The Labute approximate surface area is 201 Å². The smallest absolute Gasteiger partial charge is 0.309 e. The summed E-state index contributed by atoms with van der Waals surface area (Å²) in [6, 6.07) is 2.38. The van der Waals surface area contributed by atoms with E-state index in [4.69, 9.17) is 4.74 Å². The molecule has 1 aliphatic carbocycles. The molecule has 0 unspecified atom stereocenters. The van der Waals surface area contributed by atoms with E-state index in [1.165, 1.54) is 53.5 Å². The lowest BCUT2D eigenvalue weighted by atomic mass is 9.86. The first-order valence-corrected chi connectivity index (χ1v) is 13.1. The highest BCUT2D eigenvalue weighted by atomic mass is 16.5. The van der Waals surface area contributed by atoms with Gasteiger partial charge in [-0.1, -0.05) is 38.2 Å². The van der Waals surface area contributed by atoms with Crippen LogP contribution in [0, 0.1) is 26.2 Å². The Hall–Kier alpha value is -1.84. The number of aryl methyl sites for hydroxylation is 2. The standard InChI is InChI=1S/C29H46O4/c1-22-20-25(14-10-6-8-12-16-28(4,5)27(31)32)24(3)26(23(22)2)15-11-7-9-13-17-29(18-19-29)33-21-30/h20-21H,6-19H2,1-5H3,(H,31,32). The molecule has 0 heterocycles. The molecular weight excluding hydrogens is 412 g/mol. The first-order valence-electron chi connectivity index (χ1n) is 13.1. The summed E-state index contributed by atoms with van der Waals surface area (Å²) in [5.41, 5.74) is 6.63. The van der Waals surface area contributed by atoms with Gasteiger partial charge in [0, 0.05) is 0 Å². The van der Waals surface area contributed by atoms with Crippen molar-refractivity contribution in [3.63, 3.8) is 0 Å². The van der Waals surface area contributed by atoms with Gasteiger partial charge in [0.1, 0.15) is 5.60 Å². The highest BCUT2D eigenvalue weighted by Crippen LogP contribution is 2.43. The SMILES string of the molecule is Cc1cc(CCCCCCC(C)(C)C(=O)O)c(C)c(CCCCCCC2(OC=O)CC2)c1C. The number of carbonyl (C=O) groups excluding carboxylic acids is 1. The van der Waals surface area contributed by atoms with Gasteiger partial charge in [-0.3, -0.25) is 9.59 Å². The van der Waals surface area contributed by atoms with Crippen LogP contribution in [0.3, 0.4) is 0 Å². The quantitative estimate of drug-likeness (QED) is 0.195. The maximum absolute atomic E-state index is 11.2. The summed E-state index contributed by atoms with van der Waals surface area (Å²) in [5.74, 6) is -0.695. The fourth-order valence-corrected chi connectivity index (χ4v) is 4.94. The molecular formula is C29H46O4. The van der Waals surface area contributed by atoms with E-state index in [1.54, 1.807) is 0 Å². The minimum atomic E-state index is -0.695. The molecule has 186 valence electrons. The number of hydrogen-bond donors (Lipinski definition) is 1. The Balaban J connectivity index is 1.74. The molecule has 4 heteroatoms. The Kier molecular flexibility index (Phi) is 10.4. The van der Waals surface area contributed by atoms with E-state index >= 15 is 0 Å². The lowest BCUT2D eigenvalue weighted by Crippen LogP contribution is -2.23. The molecule has 2 rings (SSSR count). The average molecular weight is 459 g/mol. The summed E-state index contributed by atoms with van der Waals surface area (Å²) >= 11 is 0. The number of rotatable bonds is 17. The normalized spacial score (nSPS) is 14.8. The first kappa shape index (κ1) is 27.4. The Morgan fingerprint density at radius 3 is 2.18 bits per heavy atom. The van der Waals surface area contributed by atoms with Crippen molar-refractivity contribution in [2.75, 3.05) is 0 Å². The highest BCUT2D eigenvalue weighted by Gasteiger charge is 2.44. The third-order valence-corrected chi connectivity index (χ3v) is 7.86. The molecule has 1 saturated carbocycles. The second-order valence-electron chi connectivity index (χ2n) is 11.0. The van der Waals surface area contributed by atoms with Crippen molar-refractivity contribution in [2.24, 2.45) is 5.41 Å². The molecule has 1 aliphatic rings. The van der Waals surface area contributed by atoms with E-state index in [0.717, 1.165) is 64.2 Å². The zero-order valence-electron chi connectivity index (χ0n) is 21.7. The molecule has 1 N–H and O–H groups in total. The number of ether oxygens (including phenoxy) is 1. The number of unbranched alkanes of at least 4 members (excludes halogenated alkanes) is 6. The second-order valence-corrected chi connectivity index (χ2v) is 11.0. The van der Waals surface area contributed by atoms with Crippen LogP contribution in [0.5, 0.6) is 0 Å². The fraction of sp³-hybridized carbons (Fsp3) is 0.724. The molecule has 1 aromatic rings. The zero-order valence-corrected chi connectivity index (χ0v) is 21.7. The lowest BCUT2D eigenvalue weighted by molar-refractivity contribution is -0.147. The maximum Gasteiger partial charge on any atom is 0.309 e. The van der Waals surface area contributed by atoms with Crippen molar-refractivity contribution in [3.05, 3.63) is 33.9 Å². The van der Waals surface area contributed by atoms with Crippen LogP contribution in [0.4, 0.5) is 0 Å². The van der Waals surface area contributed by atoms with Gasteiger partial charge in [0.25, 0.3) is 6.47 Å². The Bertz CT molecular complexity index is 789. The summed E-state index contributed by atoms with van der Waals surface area (Å²) in [6.45, 7) is 11.0. The topological polar surface area (TPSA) is 63.6 Å². The predicted molar refractivity (Wildman–Crippen MR) is 135 cm³/mol. The number of benzene rings is 1. The minimum absolute atomic E-state index is 0.104. The number of carboxylic acid groups (broad SMARTS) is 1. The van der Waals surface area contributed by atoms with Crippen LogP contribution in [0.25, 0.3) is 0 Å². The van der Waals surface area contributed by atoms with Crippen LogP contribution >= 0.6 is 0 Å². The van der Waals surface area contributed by atoms with E-state index < -0.39 is 11.4 Å². The molecule has 1 fully saturated rings. The summed E-state index contributed by atoms with van der Waals surface area (Å²) in [5, 5.41) is 9.24. The number of carbonyl (C=O) groups is 2. The lowest BCUT2D eigenvalue weighted by Gasteiger charge is -2.19. The largest absolute Gasteiger partial charge is 0.481 e. The van der Waals surface area contributed by atoms with Crippen LogP contribution in [-0.2, 0) is 27.2 Å². The van der Waals surface area contributed by atoms with E-state index in [2.05, 4.69) is 26.8 Å². The first-order chi connectivity index (χ1) is 15.6. The minimum Gasteiger partial charge on any atom is -0.481 e. The Morgan fingerprint density at radius 1 is 0.970 bits per heavy atom.